The Morgan fingerprint density at radius 1 is 1.26 bits per heavy atom. The smallest absolute Gasteiger partial charge is 0.0620 e. The summed E-state index contributed by atoms with van der Waals surface area (Å²) in [5.41, 5.74) is 6.40. The van der Waals surface area contributed by atoms with Crippen LogP contribution < -0.4 is 5.73 Å². The minimum atomic E-state index is 0.219. The Kier molecular flexibility index (Phi) is 5.23. The first-order valence-corrected chi connectivity index (χ1v) is 7.84. The van der Waals surface area contributed by atoms with Crippen LogP contribution in [0.5, 0.6) is 0 Å². The van der Waals surface area contributed by atoms with Gasteiger partial charge in [0, 0.05) is 31.2 Å². The van der Waals surface area contributed by atoms with Crippen LogP contribution in [-0.2, 0) is 4.74 Å². The molecule has 0 saturated carbocycles. The lowest BCUT2D eigenvalue weighted by molar-refractivity contribution is -0.0766. The summed E-state index contributed by atoms with van der Waals surface area (Å²) >= 11 is 0. The highest BCUT2D eigenvalue weighted by atomic mass is 16.5. The fraction of sp³-hybridized carbons (Fsp3) is 1.00. The van der Waals surface area contributed by atoms with Gasteiger partial charge in [0.15, 0.2) is 0 Å². The summed E-state index contributed by atoms with van der Waals surface area (Å²) in [5, 5.41) is 0. The van der Waals surface area contributed by atoms with Crippen LogP contribution in [0.25, 0.3) is 0 Å². The monoisotopic (exact) mass is 269 g/mol. The maximum atomic E-state index is 6.18. The molecule has 1 unspecified atom stereocenters. The number of nitrogens with zero attached hydrogens (tertiary/aromatic N) is 2. The Hall–Kier alpha value is -0.160. The second kappa shape index (κ2) is 6.53. The van der Waals surface area contributed by atoms with Gasteiger partial charge in [0.05, 0.1) is 13.2 Å². The highest BCUT2D eigenvalue weighted by Gasteiger charge is 2.41. The zero-order valence-corrected chi connectivity index (χ0v) is 12.9. The molecule has 2 aliphatic rings. The van der Waals surface area contributed by atoms with Crippen LogP contribution in [0.4, 0.5) is 0 Å². The van der Waals surface area contributed by atoms with E-state index in [4.69, 9.17) is 10.5 Å². The lowest BCUT2D eigenvalue weighted by Crippen LogP contribution is -2.64. The van der Waals surface area contributed by atoms with Crippen molar-refractivity contribution in [2.75, 3.05) is 45.9 Å². The van der Waals surface area contributed by atoms with Crippen molar-refractivity contribution in [3.8, 4) is 0 Å². The standard InChI is InChI=1S/C15H31N3O/c1-13(2)10-17-6-4-15(12-16,5-7-17)18-8-9-19-11-14(18)3/h13-14H,4-12,16H2,1-3H3. The Morgan fingerprint density at radius 3 is 2.47 bits per heavy atom. The molecule has 0 amide bonds. The van der Waals surface area contributed by atoms with E-state index in [0.717, 1.165) is 32.2 Å². The van der Waals surface area contributed by atoms with Gasteiger partial charge < -0.3 is 15.4 Å². The van der Waals surface area contributed by atoms with E-state index in [-0.39, 0.29) is 5.54 Å². The van der Waals surface area contributed by atoms with Gasteiger partial charge in [-0.15, -0.1) is 0 Å². The predicted octanol–water partition coefficient (Wildman–Crippen LogP) is 1.16. The van der Waals surface area contributed by atoms with Gasteiger partial charge in [-0.05, 0) is 38.8 Å². The van der Waals surface area contributed by atoms with E-state index >= 15 is 0 Å². The molecule has 1 atom stereocenters. The van der Waals surface area contributed by atoms with Crippen molar-refractivity contribution < 1.29 is 4.74 Å². The third kappa shape index (κ3) is 3.48. The van der Waals surface area contributed by atoms with Crippen molar-refractivity contribution in [2.24, 2.45) is 11.7 Å². The van der Waals surface area contributed by atoms with Gasteiger partial charge >= 0.3 is 0 Å². The first-order chi connectivity index (χ1) is 9.07. The average molecular weight is 269 g/mol. The third-order valence-corrected chi connectivity index (χ3v) is 4.77. The van der Waals surface area contributed by atoms with Gasteiger partial charge in [-0.25, -0.2) is 0 Å². The molecule has 0 aromatic rings. The van der Waals surface area contributed by atoms with Crippen molar-refractivity contribution in [2.45, 2.75) is 45.2 Å². The molecule has 0 aromatic heterocycles. The maximum absolute atomic E-state index is 6.18. The summed E-state index contributed by atoms with van der Waals surface area (Å²) in [5.74, 6) is 0.757. The molecule has 2 fully saturated rings. The minimum absolute atomic E-state index is 0.219. The van der Waals surface area contributed by atoms with Gasteiger partial charge in [-0.1, -0.05) is 13.8 Å². The van der Waals surface area contributed by atoms with Gasteiger partial charge in [-0.2, -0.15) is 0 Å². The summed E-state index contributed by atoms with van der Waals surface area (Å²) in [7, 11) is 0. The zero-order valence-electron chi connectivity index (χ0n) is 12.9. The molecule has 112 valence electrons. The normalized spacial score (nSPS) is 29.8. The Bertz CT molecular complexity index is 275. The van der Waals surface area contributed by atoms with Crippen molar-refractivity contribution in [3.05, 3.63) is 0 Å². The number of hydrogen-bond donors (Lipinski definition) is 1. The van der Waals surface area contributed by atoms with Crippen LogP contribution in [-0.4, -0.2) is 67.3 Å². The first kappa shape index (κ1) is 15.2. The van der Waals surface area contributed by atoms with Crippen LogP contribution in [0.2, 0.25) is 0 Å². The molecule has 0 spiro atoms. The quantitative estimate of drug-likeness (QED) is 0.831. The van der Waals surface area contributed by atoms with Gasteiger partial charge in [0.25, 0.3) is 0 Å². The van der Waals surface area contributed by atoms with Gasteiger partial charge in [0.1, 0.15) is 0 Å². The molecule has 4 heteroatoms. The fourth-order valence-corrected chi connectivity index (χ4v) is 3.71. The third-order valence-electron chi connectivity index (χ3n) is 4.77. The summed E-state index contributed by atoms with van der Waals surface area (Å²) in [6.07, 6.45) is 2.42. The largest absolute Gasteiger partial charge is 0.379 e. The highest BCUT2D eigenvalue weighted by Crippen LogP contribution is 2.31. The number of hydrogen-bond acceptors (Lipinski definition) is 4. The maximum Gasteiger partial charge on any atom is 0.0620 e. The van der Waals surface area contributed by atoms with Crippen LogP contribution in [0.3, 0.4) is 0 Å². The van der Waals surface area contributed by atoms with E-state index < -0.39 is 0 Å². The number of likely N-dealkylation sites (tertiary alicyclic amines) is 1. The fourth-order valence-electron chi connectivity index (χ4n) is 3.71. The summed E-state index contributed by atoms with van der Waals surface area (Å²) in [6.45, 7) is 14.0. The Balaban J connectivity index is 1.97. The number of nitrogens with two attached hydrogens (primary N) is 1. The molecule has 2 N–H and O–H groups in total. The molecule has 2 heterocycles. The molecule has 0 radical (unpaired) electrons. The SMILES string of the molecule is CC(C)CN1CCC(CN)(N2CCOCC2C)CC1. The number of piperidine rings is 1. The number of rotatable bonds is 4. The van der Waals surface area contributed by atoms with Crippen LogP contribution in [0, 0.1) is 5.92 Å². The number of morpholine rings is 1. The van der Waals surface area contributed by atoms with E-state index in [2.05, 4.69) is 30.6 Å². The average Bonchev–Trinajstić information content (AvgIpc) is 2.40. The predicted molar refractivity (Wildman–Crippen MR) is 79.3 cm³/mol. The summed E-state index contributed by atoms with van der Waals surface area (Å²) in [4.78, 5) is 5.23. The van der Waals surface area contributed by atoms with Crippen molar-refractivity contribution in [3.63, 3.8) is 0 Å². The van der Waals surface area contributed by atoms with Crippen molar-refractivity contribution in [1.82, 2.24) is 9.80 Å². The first-order valence-electron chi connectivity index (χ1n) is 7.84. The molecular formula is C15H31N3O. The molecular weight excluding hydrogens is 238 g/mol. The molecule has 2 aliphatic heterocycles. The van der Waals surface area contributed by atoms with Crippen LogP contribution in [0.1, 0.15) is 33.6 Å². The van der Waals surface area contributed by atoms with Crippen molar-refractivity contribution in [1.29, 1.82) is 0 Å². The second-order valence-corrected chi connectivity index (χ2v) is 6.74. The minimum Gasteiger partial charge on any atom is -0.379 e. The zero-order chi connectivity index (χ0) is 13.9. The lowest BCUT2D eigenvalue weighted by atomic mass is 9.84. The molecule has 0 aliphatic carbocycles. The Morgan fingerprint density at radius 2 is 1.95 bits per heavy atom. The van der Waals surface area contributed by atoms with Crippen LogP contribution in [0.15, 0.2) is 0 Å². The van der Waals surface area contributed by atoms with E-state index in [0.29, 0.717) is 6.04 Å². The van der Waals surface area contributed by atoms with E-state index in [1.54, 1.807) is 0 Å². The second-order valence-electron chi connectivity index (χ2n) is 6.74. The molecule has 2 rings (SSSR count). The van der Waals surface area contributed by atoms with E-state index in [9.17, 15) is 0 Å². The topological polar surface area (TPSA) is 41.7 Å². The summed E-state index contributed by atoms with van der Waals surface area (Å²) < 4.78 is 5.57. The number of ether oxygens (including phenoxy) is 1. The molecule has 19 heavy (non-hydrogen) atoms. The van der Waals surface area contributed by atoms with Crippen LogP contribution >= 0.6 is 0 Å². The summed E-state index contributed by atoms with van der Waals surface area (Å²) in [6, 6.07) is 0.508. The Labute approximate surface area is 118 Å². The highest BCUT2D eigenvalue weighted by molar-refractivity contribution is 4.99. The van der Waals surface area contributed by atoms with Gasteiger partial charge in [-0.3, -0.25) is 4.90 Å². The molecule has 2 saturated heterocycles. The van der Waals surface area contributed by atoms with Gasteiger partial charge in [0.2, 0.25) is 0 Å². The molecule has 4 nitrogen and oxygen atoms in total. The van der Waals surface area contributed by atoms with Crippen molar-refractivity contribution >= 4 is 0 Å². The molecule has 0 aromatic carbocycles. The van der Waals surface area contributed by atoms with E-state index in [1.807, 2.05) is 0 Å². The lowest BCUT2D eigenvalue weighted by Gasteiger charge is -2.52. The molecule has 0 bridgehead atoms. The van der Waals surface area contributed by atoms with E-state index in [1.165, 1.54) is 32.5 Å².